The number of aromatic nitrogens is 1. The van der Waals surface area contributed by atoms with Gasteiger partial charge in [-0.3, -0.25) is 5.41 Å². The average molecular weight is 321 g/mol. The van der Waals surface area contributed by atoms with E-state index < -0.39 is 0 Å². The summed E-state index contributed by atoms with van der Waals surface area (Å²) in [4.78, 5) is 4.48. The number of para-hydroxylation sites is 1. The van der Waals surface area contributed by atoms with Gasteiger partial charge in [-0.05, 0) is 18.2 Å². The second kappa shape index (κ2) is 7.46. The van der Waals surface area contributed by atoms with Crippen molar-refractivity contribution in [2.24, 2.45) is 5.73 Å². The van der Waals surface area contributed by atoms with Crippen molar-refractivity contribution >= 4 is 5.84 Å². The Morgan fingerprint density at radius 1 is 1.08 bits per heavy atom. The van der Waals surface area contributed by atoms with E-state index in [1.54, 1.807) is 6.26 Å². The van der Waals surface area contributed by atoms with E-state index in [9.17, 15) is 0 Å². The average Bonchev–Trinajstić information content (AvgIpc) is 3.06. The smallest absolute Gasteiger partial charge is 0.226 e. The quantitative estimate of drug-likeness (QED) is 0.515. The standard InChI is InChI=1S/C19H19N3O2/c20-18(21)12-15-8-4-5-9-17(15)23-11-10-16-13-24-19(22-16)14-6-2-1-3-7-14/h1-9,13H,10-12H2,(H3,20,21). The Kier molecular flexibility index (Phi) is 4.91. The van der Waals surface area contributed by atoms with Gasteiger partial charge < -0.3 is 14.9 Å². The number of nitrogens with two attached hydrogens (primary N) is 1. The molecule has 2 aromatic carbocycles. The van der Waals surface area contributed by atoms with Crippen LogP contribution in [0.5, 0.6) is 5.75 Å². The fraction of sp³-hybridized carbons (Fsp3) is 0.158. The van der Waals surface area contributed by atoms with Crippen LogP contribution in [0.1, 0.15) is 11.3 Å². The molecule has 3 rings (SSSR count). The Hall–Kier alpha value is -3.08. The van der Waals surface area contributed by atoms with Gasteiger partial charge in [-0.15, -0.1) is 0 Å². The molecule has 0 saturated heterocycles. The monoisotopic (exact) mass is 321 g/mol. The number of oxazole rings is 1. The Morgan fingerprint density at radius 2 is 1.83 bits per heavy atom. The van der Waals surface area contributed by atoms with E-state index in [4.69, 9.17) is 20.3 Å². The summed E-state index contributed by atoms with van der Waals surface area (Å²) >= 11 is 0. The highest BCUT2D eigenvalue weighted by atomic mass is 16.5. The van der Waals surface area contributed by atoms with Crippen LogP contribution in [0.25, 0.3) is 11.5 Å². The van der Waals surface area contributed by atoms with Gasteiger partial charge >= 0.3 is 0 Å². The predicted octanol–water partition coefficient (Wildman–Crippen LogP) is 3.44. The minimum Gasteiger partial charge on any atom is -0.493 e. The molecule has 0 atom stereocenters. The molecule has 1 heterocycles. The molecular formula is C19H19N3O2. The van der Waals surface area contributed by atoms with Crippen LogP contribution >= 0.6 is 0 Å². The number of ether oxygens (including phenoxy) is 1. The normalized spacial score (nSPS) is 10.5. The largest absolute Gasteiger partial charge is 0.493 e. The zero-order valence-corrected chi connectivity index (χ0v) is 13.2. The summed E-state index contributed by atoms with van der Waals surface area (Å²) in [7, 11) is 0. The van der Waals surface area contributed by atoms with Crippen molar-refractivity contribution in [1.29, 1.82) is 5.41 Å². The number of benzene rings is 2. The van der Waals surface area contributed by atoms with Gasteiger partial charge in [0.25, 0.3) is 0 Å². The lowest BCUT2D eigenvalue weighted by Gasteiger charge is -2.10. The van der Waals surface area contributed by atoms with Crippen molar-refractivity contribution in [1.82, 2.24) is 4.98 Å². The zero-order valence-electron chi connectivity index (χ0n) is 13.2. The van der Waals surface area contributed by atoms with E-state index in [0.29, 0.717) is 25.3 Å². The first kappa shape index (κ1) is 15.8. The highest BCUT2D eigenvalue weighted by molar-refractivity contribution is 5.80. The van der Waals surface area contributed by atoms with Crippen molar-refractivity contribution in [2.45, 2.75) is 12.8 Å². The highest BCUT2D eigenvalue weighted by Crippen LogP contribution is 2.20. The summed E-state index contributed by atoms with van der Waals surface area (Å²) < 4.78 is 11.3. The third-order valence-corrected chi connectivity index (χ3v) is 3.54. The van der Waals surface area contributed by atoms with Crippen LogP contribution < -0.4 is 10.5 Å². The molecule has 0 saturated carbocycles. The van der Waals surface area contributed by atoms with Gasteiger partial charge in [0.2, 0.25) is 5.89 Å². The summed E-state index contributed by atoms with van der Waals surface area (Å²) in [6, 6.07) is 17.4. The zero-order chi connectivity index (χ0) is 16.8. The molecule has 5 heteroatoms. The first-order valence-corrected chi connectivity index (χ1v) is 7.76. The molecule has 0 aliphatic carbocycles. The van der Waals surface area contributed by atoms with Gasteiger partial charge in [-0.1, -0.05) is 36.4 Å². The first-order chi connectivity index (χ1) is 11.7. The second-order valence-electron chi connectivity index (χ2n) is 5.42. The van der Waals surface area contributed by atoms with E-state index in [1.165, 1.54) is 0 Å². The summed E-state index contributed by atoms with van der Waals surface area (Å²) in [5.74, 6) is 1.48. The Bertz CT molecular complexity index is 812. The Labute approximate surface area is 140 Å². The van der Waals surface area contributed by atoms with Crippen molar-refractivity contribution in [2.75, 3.05) is 6.61 Å². The number of hydrogen-bond donors (Lipinski definition) is 2. The van der Waals surface area contributed by atoms with E-state index in [2.05, 4.69) is 4.98 Å². The summed E-state index contributed by atoms with van der Waals surface area (Å²) in [6.45, 7) is 0.482. The maximum absolute atomic E-state index is 7.42. The molecule has 3 N–H and O–H groups in total. The molecule has 0 aliphatic rings. The third-order valence-electron chi connectivity index (χ3n) is 3.54. The van der Waals surface area contributed by atoms with Crippen molar-refractivity contribution < 1.29 is 9.15 Å². The SMILES string of the molecule is N=C(N)Cc1ccccc1OCCc1coc(-c2ccccc2)n1. The molecule has 0 fully saturated rings. The maximum Gasteiger partial charge on any atom is 0.226 e. The molecule has 0 bridgehead atoms. The van der Waals surface area contributed by atoms with Crippen molar-refractivity contribution in [3.63, 3.8) is 0 Å². The van der Waals surface area contributed by atoms with Crippen LogP contribution in [-0.2, 0) is 12.8 Å². The van der Waals surface area contributed by atoms with Gasteiger partial charge in [0, 0.05) is 24.0 Å². The molecule has 3 aromatic rings. The number of nitrogens with one attached hydrogen (secondary N) is 1. The second-order valence-corrected chi connectivity index (χ2v) is 5.42. The molecule has 0 radical (unpaired) electrons. The van der Waals surface area contributed by atoms with Crippen LogP contribution in [0.4, 0.5) is 0 Å². The van der Waals surface area contributed by atoms with E-state index >= 15 is 0 Å². The molecule has 24 heavy (non-hydrogen) atoms. The molecule has 0 aliphatic heterocycles. The summed E-state index contributed by atoms with van der Waals surface area (Å²) in [5, 5.41) is 7.42. The molecule has 0 amide bonds. The van der Waals surface area contributed by atoms with Crippen LogP contribution in [-0.4, -0.2) is 17.4 Å². The fourth-order valence-corrected chi connectivity index (χ4v) is 2.40. The molecule has 0 unspecified atom stereocenters. The van der Waals surface area contributed by atoms with Gasteiger partial charge in [-0.25, -0.2) is 4.98 Å². The molecule has 5 nitrogen and oxygen atoms in total. The van der Waals surface area contributed by atoms with E-state index in [0.717, 1.165) is 22.6 Å². The minimum absolute atomic E-state index is 0.120. The first-order valence-electron chi connectivity index (χ1n) is 7.76. The van der Waals surface area contributed by atoms with Crippen LogP contribution in [0.3, 0.4) is 0 Å². The fourth-order valence-electron chi connectivity index (χ4n) is 2.40. The lowest BCUT2D eigenvalue weighted by molar-refractivity contribution is 0.318. The van der Waals surface area contributed by atoms with Crippen LogP contribution in [0.2, 0.25) is 0 Å². The number of nitrogens with zero attached hydrogens (tertiary/aromatic N) is 1. The van der Waals surface area contributed by atoms with E-state index in [1.807, 2.05) is 54.6 Å². The van der Waals surface area contributed by atoms with Crippen LogP contribution in [0, 0.1) is 5.41 Å². The number of amidine groups is 1. The number of rotatable bonds is 7. The molecule has 122 valence electrons. The highest BCUT2D eigenvalue weighted by Gasteiger charge is 2.08. The van der Waals surface area contributed by atoms with Gasteiger partial charge in [-0.2, -0.15) is 0 Å². The van der Waals surface area contributed by atoms with Crippen molar-refractivity contribution in [3.05, 3.63) is 72.1 Å². The topological polar surface area (TPSA) is 85.1 Å². The van der Waals surface area contributed by atoms with Gasteiger partial charge in [0.05, 0.1) is 18.1 Å². The lowest BCUT2D eigenvalue weighted by atomic mass is 10.1. The molecular weight excluding hydrogens is 302 g/mol. The van der Waals surface area contributed by atoms with Gasteiger partial charge in [0.1, 0.15) is 12.0 Å². The Balaban J connectivity index is 1.60. The molecule has 0 spiro atoms. The lowest BCUT2D eigenvalue weighted by Crippen LogP contribution is -2.14. The minimum atomic E-state index is 0.120. The predicted molar refractivity (Wildman–Crippen MR) is 93.2 cm³/mol. The summed E-state index contributed by atoms with van der Waals surface area (Å²) in [6.07, 6.45) is 2.69. The van der Waals surface area contributed by atoms with Gasteiger partial charge in [0.15, 0.2) is 0 Å². The summed E-state index contributed by atoms with van der Waals surface area (Å²) in [5.41, 5.74) is 8.19. The van der Waals surface area contributed by atoms with E-state index in [-0.39, 0.29) is 5.84 Å². The third kappa shape index (κ3) is 4.01. The molecule has 1 aromatic heterocycles. The Morgan fingerprint density at radius 3 is 2.62 bits per heavy atom. The maximum atomic E-state index is 7.42. The van der Waals surface area contributed by atoms with Crippen molar-refractivity contribution in [3.8, 4) is 17.2 Å². The van der Waals surface area contributed by atoms with Crippen LogP contribution in [0.15, 0.2) is 65.3 Å². The number of hydrogen-bond acceptors (Lipinski definition) is 4.